The Kier molecular flexibility index (Phi) is 5.10. The van der Waals surface area contributed by atoms with Crippen molar-refractivity contribution in [2.75, 3.05) is 10.5 Å². The van der Waals surface area contributed by atoms with Crippen molar-refractivity contribution in [3.05, 3.63) is 47.8 Å². The van der Waals surface area contributed by atoms with Crippen molar-refractivity contribution in [1.29, 1.82) is 0 Å². The number of ether oxygens (including phenoxy) is 1. The van der Waals surface area contributed by atoms with Crippen LogP contribution in [0.5, 0.6) is 17.2 Å². The lowest BCUT2D eigenvalue weighted by Gasteiger charge is -2.11. The molecule has 0 saturated carbocycles. The summed E-state index contributed by atoms with van der Waals surface area (Å²) >= 11 is 0. The number of aromatic hydroxyl groups is 1. The number of rotatable bonds is 6. The number of halogens is 1. The highest BCUT2D eigenvalue weighted by atomic mass is 32.2. The van der Waals surface area contributed by atoms with Gasteiger partial charge in [0.05, 0.1) is 11.4 Å². The van der Waals surface area contributed by atoms with Crippen LogP contribution in [0.15, 0.2) is 36.4 Å². The summed E-state index contributed by atoms with van der Waals surface area (Å²) < 4.78 is 44.6. The van der Waals surface area contributed by atoms with Gasteiger partial charge in [-0.2, -0.15) is 0 Å². The molecular formula is C16H18FNO4S. The summed E-state index contributed by atoms with van der Waals surface area (Å²) in [5.41, 5.74) is 1.04. The number of phenols is 1. The van der Waals surface area contributed by atoms with Gasteiger partial charge in [0.2, 0.25) is 10.0 Å². The van der Waals surface area contributed by atoms with Crippen molar-refractivity contribution in [3.8, 4) is 17.2 Å². The molecule has 2 aromatic carbocycles. The molecule has 2 aromatic rings. The van der Waals surface area contributed by atoms with E-state index >= 15 is 0 Å². The summed E-state index contributed by atoms with van der Waals surface area (Å²) in [5.74, 6) is -0.906. The maximum Gasteiger partial charge on any atom is 0.232 e. The van der Waals surface area contributed by atoms with Crippen molar-refractivity contribution >= 4 is 15.7 Å². The first-order valence-electron chi connectivity index (χ1n) is 7.14. The summed E-state index contributed by atoms with van der Waals surface area (Å²) in [6, 6.07) is 8.61. The average molecular weight is 339 g/mol. The molecule has 0 heterocycles. The molecule has 2 rings (SSSR count). The fourth-order valence-electron chi connectivity index (χ4n) is 1.89. The number of phenolic OH excluding ortho intramolecular Hbond substituents is 1. The van der Waals surface area contributed by atoms with Gasteiger partial charge in [-0.15, -0.1) is 0 Å². The quantitative estimate of drug-likeness (QED) is 0.842. The molecule has 23 heavy (non-hydrogen) atoms. The average Bonchev–Trinajstić information content (AvgIpc) is 2.51. The van der Waals surface area contributed by atoms with Gasteiger partial charge in [-0.05, 0) is 43.2 Å². The second kappa shape index (κ2) is 6.87. The third-order valence-corrected chi connectivity index (χ3v) is 4.54. The molecule has 0 radical (unpaired) electrons. The number of hydrogen-bond acceptors (Lipinski definition) is 4. The van der Waals surface area contributed by atoms with Crippen molar-refractivity contribution in [1.82, 2.24) is 0 Å². The van der Waals surface area contributed by atoms with E-state index in [1.54, 1.807) is 18.2 Å². The molecule has 0 spiro atoms. The first-order valence-corrected chi connectivity index (χ1v) is 8.79. The van der Waals surface area contributed by atoms with Gasteiger partial charge < -0.3 is 9.84 Å². The molecule has 0 saturated heterocycles. The van der Waals surface area contributed by atoms with Crippen LogP contribution in [0.4, 0.5) is 10.1 Å². The molecule has 0 atom stereocenters. The Balaban J connectivity index is 2.22. The van der Waals surface area contributed by atoms with Crippen molar-refractivity contribution < 1.29 is 22.7 Å². The molecule has 0 bridgehead atoms. The molecule has 0 aromatic heterocycles. The normalized spacial score (nSPS) is 11.3. The Bertz CT molecular complexity index is 806. The summed E-state index contributed by atoms with van der Waals surface area (Å²) in [7, 11) is -3.47. The van der Waals surface area contributed by atoms with E-state index in [0.29, 0.717) is 0 Å². The maximum absolute atomic E-state index is 14.1. The second-order valence-electron chi connectivity index (χ2n) is 4.91. The lowest BCUT2D eigenvalue weighted by Crippen LogP contribution is -2.14. The van der Waals surface area contributed by atoms with Crippen LogP contribution < -0.4 is 9.46 Å². The number of sulfonamides is 1. The summed E-state index contributed by atoms with van der Waals surface area (Å²) in [4.78, 5) is 0. The first kappa shape index (κ1) is 17.1. The Morgan fingerprint density at radius 3 is 2.39 bits per heavy atom. The predicted molar refractivity (Wildman–Crippen MR) is 87.0 cm³/mol. The zero-order chi connectivity index (χ0) is 17.0. The van der Waals surface area contributed by atoms with Crippen LogP contribution in [0, 0.1) is 5.82 Å². The van der Waals surface area contributed by atoms with Crippen LogP contribution in [0.25, 0.3) is 0 Å². The number of benzene rings is 2. The first-order chi connectivity index (χ1) is 10.8. The van der Waals surface area contributed by atoms with Crippen LogP contribution >= 0.6 is 0 Å². The number of nitrogens with one attached hydrogen (secondary N) is 1. The molecule has 2 N–H and O–H groups in total. The minimum atomic E-state index is -3.47. The van der Waals surface area contributed by atoms with E-state index in [9.17, 15) is 17.9 Å². The molecule has 0 unspecified atom stereocenters. The van der Waals surface area contributed by atoms with E-state index in [0.717, 1.165) is 18.1 Å². The standard InChI is InChI=1S/C16H18FNO4S/c1-3-11-5-7-16(14(19)9-11)22-15-8-6-12(10-13(15)17)18-23(20,21)4-2/h5-10,18-19H,3-4H2,1-2H3. The molecule has 0 fully saturated rings. The highest BCUT2D eigenvalue weighted by molar-refractivity contribution is 7.92. The van der Waals surface area contributed by atoms with Gasteiger partial charge in [-0.1, -0.05) is 13.0 Å². The SMILES string of the molecule is CCc1ccc(Oc2ccc(NS(=O)(=O)CC)cc2F)c(O)c1. The van der Waals surface area contributed by atoms with Crippen LogP contribution in [0.1, 0.15) is 19.4 Å². The van der Waals surface area contributed by atoms with Crippen LogP contribution in [-0.2, 0) is 16.4 Å². The minimum Gasteiger partial charge on any atom is -0.504 e. The van der Waals surface area contributed by atoms with E-state index in [1.807, 2.05) is 6.92 Å². The molecule has 0 amide bonds. The van der Waals surface area contributed by atoms with Gasteiger partial charge in [0, 0.05) is 6.07 Å². The minimum absolute atomic E-state index is 0.0838. The monoisotopic (exact) mass is 339 g/mol. The lowest BCUT2D eigenvalue weighted by atomic mass is 10.1. The predicted octanol–water partition coefficient (Wildman–Crippen LogP) is 3.65. The van der Waals surface area contributed by atoms with Crippen LogP contribution in [0.3, 0.4) is 0 Å². The smallest absolute Gasteiger partial charge is 0.232 e. The topological polar surface area (TPSA) is 75.6 Å². The fourth-order valence-corrected chi connectivity index (χ4v) is 2.52. The zero-order valence-corrected chi connectivity index (χ0v) is 13.7. The third kappa shape index (κ3) is 4.35. The van der Waals surface area contributed by atoms with Gasteiger partial charge in [0.25, 0.3) is 0 Å². The Morgan fingerprint density at radius 2 is 1.83 bits per heavy atom. The lowest BCUT2D eigenvalue weighted by molar-refractivity contribution is 0.395. The van der Waals surface area contributed by atoms with E-state index < -0.39 is 15.8 Å². The second-order valence-corrected chi connectivity index (χ2v) is 6.92. The van der Waals surface area contributed by atoms with Gasteiger partial charge in [0.15, 0.2) is 23.1 Å². The van der Waals surface area contributed by atoms with Crippen molar-refractivity contribution in [3.63, 3.8) is 0 Å². The summed E-state index contributed by atoms with van der Waals surface area (Å²) in [6.45, 7) is 3.43. The van der Waals surface area contributed by atoms with Crippen LogP contribution in [0.2, 0.25) is 0 Å². The third-order valence-electron chi connectivity index (χ3n) is 3.24. The molecule has 124 valence electrons. The number of anilines is 1. The van der Waals surface area contributed by atoms with E-state index in [2.05, 4.69) is 4.72 Å². The zero-order valence-electron chi connectivity index (χ0n) is 12.8. The highest BCUT2D eigenvalue weighted by Crippen LogP contribution is 2.33. The number of hydrogen-bond donors (Lipinski definition) is 2. The Hall–Kier alpha value is -2.28. The van der Waals surface area contributed by atoms with Crippen molar-refractivity contribution in [2.45, 2.75) is 20.3 Å². The summed E-state index contributed by atoms with van der Waals surface area (Å²) in [6.07, 6.45) is 0.758. The van der Waals surface area contributed by atoms with Gasteiger partial charge in [-0.25, -0.2) is 12.8 Å². The van der Waals surface area contributed by atoms with Crippen LogP contribution in [-0.4, -0.2) is 19.3 Å². The van der Waals surface area contributed by atoms with E-state index in [4.69, 9.17) is 4.74 Å². The summed E-state index contributed by atoms with van der Waals surface area (Å²) in [5, 5.41) is 9.87. The van der Waals surface area contributed by atoms with Gasteiger partial charge in [-0.3, -0.25) is 4.72 Å². The molecule has 0 aliphatic rings. The van der Waals surface area contributed by atoms with Crippen molar-refractivity contribution in [2.24, 2.45) is 0 Å². The number of aryl methyl sites for hydroxylation is 1. The van der Waals surface area contributed by atoms with E-state index in [-0.39, 0.29) is 28.7 Å². The Labute approximate surface area is 134 Å². The molecule has 5 nitrogen and oxygen atoms in total. The molecule has 0 aliphatic carbocycles. The highest BCUT2D eigenvalue weighted by Gasteiger charge is 2.12. The molecule has 7 heteroatoms. The van der Waals surface area contributed by atoms with E-state index in [1.165, 1.54) is 19.1 Å². The fraction of sp³-hybridized carbons (Fsp3) is 0.250. The van der Waals surface area contributed by atoms with Gasteiger partial charge in [0.1, 0.15) is 0 Å². The molecular weight excluding hydrogens is 321 g/mol. The Morgan fingerprint density at radius 1 is 1.13 bits per heavy atom. The maximum atomic E-state index is 14.1. The van der Waals surface area contributed by atoms with Gasteiger partial charge >= 0.3 is 0 Å². The largest absolute Gasteiger partial charge is 0.504 e. The molecule has 0 aliphatic heterocycles.